The molecule has 0 aliphatic carbocycles. The van der Waals surface area contributed by atoms with Crippen molar-refractivity contribution in [1.29, 1.82) is 0 Å². The zero-order valence-electron chi connectivity index (χ0n) is 15.0. The number of nitrogens with one attached hydrogen (secondary N) is 1. The number of carbonyl (C=O) groups excluding carboxylic acids is 2. The van der Waals surface area contributed by atoms with Gasteiger partial charge in [-0.25, -0.2) is 14.2 Å². The van der Waals surface area contributed by atoms with Crippen LogP contribution in [0.15, 0.2) is 29.6 Å². The Kier molecular flexibility index (Phi) is 6.23. The van der Waals surface area contributed by atoms with E-state index in [0.29, 0.717) is 42.7 Å². The first-order valence-corrected chi connectivity index (χ1v) is 9.60. The molecular formula is C18H21FN4O3S. The summed E-state index contributed by atoms with van der Waals surface area (Å²) >= 11 is 1.25. The SMILES string of the molecule is CCOC(=O)Nc1nc(CC(=O)N2CCN(c3ccccc3F)CC2)cs1. The minimum absolute atomic E-state index is 0.0313. The normalized spacial score (nSPS) is 14.1. The van der Waals surface area contributed by atoms with Gasteiger partial charge >= 0.3 is 6.09 Å². The van der Waals surface area contributed by atoms with Gasteiger partial charge in [0.25, 0.3) is 0 Å². The smallest absolute Gasteiger partial charge is 0.413 e. The van der Waals surface area contributed by atoms with Crippen molar-refractivity contribution in [2.75, 3.05) is 43.0 Å². The second kappa shape index (κ2) is 8.81. The Bertz CT molecular complexity index is 805. The summed E-state index contributed by atoms with van der Waals surface area (Å²) in [5.74, 6) is -0.280. The quantitative estimate of drug-likeness (QED) is 0.847. The van der Waals surface area contributed by atoms with Crippen LogP contribution in [0.25, 0.3) is 0 Å². The van der Waals surface area contributed by atoms with E-state index in [1.165, 1.54) is 17.4 Å². The second-order valence-corrected chi connectivity index (χ2v) is 6.84. The van der Waals surface area contributed by atoms with Crippen molar-refractivity contribution >= 4 is 34.2 Å². The third-order valence-electron chi connectivity index (χ3n) is 4.19. The van der Waals surface area contributed by atoms with Crippen LogP contribution in [0.2, 0.25) is 0 Å². The van der Waals surface area contributed by atoms with Gasteiger partial charge in [0.05, 0.1) is 24.4 Å². The molecule has 7 nitrogen and oxygen atoms in total. The van der Waals surface area contributed by atoms with Crippen LogP contribution in [0.4, 0.5) is 20.0 Å². The first-order chi connectivity index (χ1) is 13.1. The molecule has 1 aromatic carbocycles. The highest BCUT2D eigenvalue weighted by molar-refractivity contribution is 7.13. The van der Waals surface area contributed by atoms with Gasteiger partial charge in [-0.05, 0) is 19.1 Å². The predicted octanol–water partition coefficient (Wildman–Crippen LogP) is 2.74. The van der Waals surface area contributed by atoms with Gasteiger partial charge in [0.1, 0.15) is 5.82 Å². The fourth-order valence-electron chi connectivity index (χ4n) is 2.87. The van der Waals surface area contributed by atoms with Crippen molar-refractivity contribution in [3.63, 3.8) is 0 Å². The first-order valence-electron chi connectivity index (χ1n) is 8.72. The lowest BCUT2D eigenvalue weighted by molar-refractivity contribution is -0.130. The number of halogens is 1. The number of anilines is 2. The molecule has 1 aliphatic rings. The van der Waals surface area contributed by atoms with Crippen LogP contribution in [0.1, 0.15) is 12.6 Å². The number of rotatable bonds is 5. The first kappa shape index (κ1) is 19.1. The fraction of sp³-hybridized carbons (Fsp3) is 0.389. The summed E-state index contributed by atoms with van der Waals surface area (Å²) in [5.41, 5.74) is 1.17. The van der Waals surface area contributed by atoms with E-state index < -0.39 is 6.09 Å². The second-order valence-electron chi connectivity index (χ2n) is 5.99. The van der Waals surface area contributed by atoms with Gasteiger partial charge < -0.3 is 14.5 Å². The summed E-state index contributed by atoms with van der Waals surface area (Å²) in [7, 11) is 0. The van der Waals surface area contributed by atoms with E-state index in [0.717, 1.165) is 0 Å². The van der Waals surface area contributed by atoms with Crippen LogP contribution in [-0.2, 0) is 16.0 Å². The lowest BCUT2D eigenvalue weighted by atomic mass is 10.2. The maximum absolute atomic E-state index is 13.9. The van der Waals surface area contributed by atoms with Gasteiger partial charge in [0, 0.05) is 31.6 Å². The van der Waals surface area contributed by atoms with Crippen molar-refractivity contribution in [1.82, 2.24) is 9.88 Å². The summed E-state index contributed by atoms with van der Waals surface area (Å²) in [5, 5.41) is 4.67. The van der Waals surface area contributed by atoms with E-state index in [1.54, 1.807) is 35.4 Å². The molecule has 144 valence electrons. The van der Waals surface area contributed by atoms with Crippen molar-refractivity contribution in [2.24, 2.45) is 0 Å². The van der Waals surface area contributed by atoms with E-state index in [4.69, 9.17) is 4.74 Å². The lowest BCUT2D eigenvalue weighted by Crippen LogP contribution is -2.49. The average Bonchev–Trinajstić information content (AvgIpc) is 3.09. The Morgan fingerprint density at radius 3 is 2.70 bits per heavy atom. The number of para-hydroxylation sites is 1. The Hall–Kier alpha value is -2.68. The van der Waals surface area contributed by atoms with Crippen LogP contribution in [0.5, 0.6) is 0 Å². The highest BCUT2D eigenvalue weighted by atomic mass is 32.1. The third-order valence-corrected chi connectivity index (χ3v) is 5.00. The standard InChI is InChI=1S/C18H21FN4O3S/c1-2-26-18(25)21-17-20-13(12-27-17)11-16(24)23-9-7-22(8-10-23)15-6-4-3-5-14(15)19/h3-6,12H,2,7-11H2,1H3,(H,20,21,25). The van der Waals surface area contributed by atoms with Crippen LogP contribution >= 0.6 is 11.3 Å². The minimum atomic E-state index is -0.561. The monoisotopic (exact) mass is 392 g/mol. The van der Waals surface area contributed by atoms with Crippen LogP contribution in [0, 0.1) is 5.82 Å². The van der Waals surface area contributed by atoms with E-state index in [-0.39, 0.29) is 24.8 Å². The summed E-state index contributed by atoms with van der Waals surface area (Å²) in [6.07, 6.45) is -0.394. The van der Waals surface area contributed by atoms with E-state index in [2.05, 4.69) is 10.3 Å². The Labute approximate surface area is 160 Å². The molecular weight excluding hydrogens is 371 g/mol. The molecule has 0 spiro atoms. The minimum Gasteiger partial charge on any atom is -0.450 e. The van der Waals surface area contributed by atoms with Crippen molar-refractivity contribution in [3.05, 3.63) is 41.2 Å². The highest BCUT2D eigenvalue weighted by Gasteiger charge is 2.23. The third kappa shape index (κ3) is 4.94. The Morgan fingerprint density at radius 1 is 1.26 bits per heavy atom. The molecule has 1 saturated heterocycles. The summed E-state index contributed by atoms with van der Waals surface area (Å²) in [6.45, 7) is 4.23. The van der Waals surface area contributed by atoms with Crippen molar-refractivity contribution < 1.29 is 18.7 Å². The molecule has 2 heterocycles. The molecule has 1 fully saturated rings. The largest absolute Gasteiger partial charge is 0.450 e. The number of piperazine rings is 1. The van der Waals surface area contributed by atoms with Gasteiger partial charge in [-0.3, -0.25) is 10.1 Å². The maximum atomic E-state index is 13.9. The average molecular weight is 392 g/mol. The topological polar surface area (TPSA) is 74.8 Å². The number of aromatic nitrogens is 1. The number of ether oxygens (including phenoxy) is 1. The van der Waals surface area contributed by atoms with Gasteiger partial charge in [0.15, 0.2) is 5.13 Å². The number of amides is 2. The van der Waals surface area contributed by atoms with Crippen molar-refractivity contribution in [2.45, 2.75) is 13.3 Å². The number of thiazole rings is 1. The molecule has 0 unspecified atom stereocenters. The summed E-state index contributed by atoms with van der Waals surface area (Å²) in [6, 6.07) is 6.66. The molecule has 0 saturated carbocycles. The Morgan fingerprint density at radius 2 is 2.00 bits per heavy atom. The van der Waals surface area contributed by atoms with Crippen LogP contribution in [0.3, 0.4) is 0 Å². The van der Waals surface area contributed by atoms with E-state index in [1.807, 2.05) is 4.90 Å². The number of nitrogens with zero attached hydrogens (tertiary/aromatic N) is 3. The number of hydrogen-bond donors (Lipinski definition) is 1. The number of hydrogen-bond acceptors (Lipinski definition) is 6. The van der Waals surface area contributed by atoms with E-state index >= 15 is 0 Å². The summed E-state index contributed by atoms with van der Waals surface area (Å²) < 4.78 is 18.7. The van der Waals surface area contributed by atoms with Gasteiger partial charge in [-0.15, -0.1) is 11.3 Å². The molecule has 2 aromatic rings. The molecule has 3 rings (SSSR count). The molecule has 1 N–H and O–H groups in total. The van der Waals surface area contributed by atoms with Crippen LogP contribution < -0.4 is 10.2 Å². The molecule has 27 heavy (non-hydrogen) atoms. The number of benzene rings is 1. The molecule has 0 bridgehead atoms. The maximum Gasteiger partial charge on any atom is 0.413 e. The molecule has 9 heteroatoms. The molecule has 0 radical (unpaired) electrons. The Balaban J connectivity index is 1.51. The highest BCUT2D eigenvalue weighted by Crippen LogP contribution is 2.21. The number of carbonyl (C=O) groups is 2. The summed E-state index contributed by atoms with van der Waals surface area (Å²) in [4.78, 5) is 31.8. The van der Waals surface area contributed by atoms with E-state index in [9.17, 15) is 14.0 Å². The van der Waals surface area contributed by atoms with Gasteiger partial charge in [-0.1, -0.05) is 12.1 Å². The van der Waals surface area contributed by atoms with Crippen molar-refractivity contribution in [3.8, 4) is 0 Å². The molecule has 1 aliphatic heterocycles. The fourth-order valence-corrected chi connectivity index (χ4v) is 3.57. The molecule has 0 atom stereocenters. The molecule has 1 aromatic heterocycles. The zero-order chi connectivity index (χ0) is 19.2. The van der Waals surface area contributed by atoms with Crippen LogP contribution in [-0.4, -0.2) is 54.7 Å². The predicted molar refractivity (Wildman–Crippen MR) is 102 cm³/mol. The zero-order valence-corrected chi connectivity index (χ0v) is 15.8. The lowest BCUT2D eigenvalue weighted by Gasteiger charge is -2.36. The molecule has 2 amide bonds. The van der Waals surface area contributed by atoms with Gasteiger partial charge in [0.2, 0.25) is 5.91 Å². The van der Waals surface area contributed by atoms with Gasteiger partial charge in [-0.2, -0.15) is 0 Å².